The third-order valence-electron chi connectivity index (χ3n) is 8.77. The van der Waals surface area contributed by atoms with Gasteiger partial charge in [-0.05, 0) is 41.5 Å². The summed E-state index contributed by atoms with van der Waals surface area (Å²) in [6.45, 7) is 8.48. The zero-order valence-corrected chi connectivity index (χ0v) is 31.0. The molecule has 12 nitrogen and oxygen atoms in total. The van der Waals surface area contributed by atoms with Crippen molar-refractivity contribution in [2.45, 2.75) is 90.6 Å². The van der Waals surface area contributed by atoms with Crippen molar-refractivity contribution in [3.05, 3.63) is 94.6 Å². The van der Waals surface area contributed by atoms with E-state index in [0.717, 1.165) is 28.5 Å². The number of benzene rings is 2. The molecule has 0 saturated carbocycles. The molecular formula is C39H50N6O6S. The van der Waals surface area contributed by atoms with E-state index in [9.17, 15) is 24.3 Å². The lowest BCUT2D eigenvalue weighted by atomic mass is 9.96. The predicted molar refractivity (Wildman–Crippen MR) is 201 cm³/mol. The van der Waals surface area contributed by atoms with Gasteiger partial charge in [-0.2, -0.15) is 0 Å². The van der Waals surface area contributed by atoms with E-state index in [1.54, 1.807) is 23.2 Å². The molecule has 5 N–H and O–H groups in total. The van der Waals surface area contributed by atoms with Gasteiger partial charge in [0.1, 0.15) is 18.7 Å². The average Bonchev–Trinajstić information content (AvgIpc) is 3.65. The smallest absolute Gasteiger partial charge is 0.408 e. The summed E-state index contributed by atoms with van der Waals surface area (Å²) in [5.74, 6) is -1.09. The van der Waals surface area contributed by atoms with E-state index in [4.69, 9.17) is 4.74 Å². The maximum Gasteiger partial charge on any atom is 0.408 e. The fourth-order valence-corrected chi connectivity index (χ4v) is 6.22. The molecule has 2 aromatic heterocycles. The highest BCUT2D eigenvalue weighted by Crippen LogP contribution is 2.19. The van der Waals surface area contributed by atoms with Gasteiger partial charge in [0.2, 0.25) is 17.7 Å². The minimum Gasteiger partial charge on any atom is -0.445 e. The van der Waals surface area contributed by atoms with Crippen LogP contribution in [-0.2, 0) is 38.6 Å². The molecule has 0 aliphatic rings. The van der Waals surface area contributed by atoms with Gasteiger partial charge in [0.05, 0.1) is 35.3 Å². The van der Waals surface area contributed by atoms with Crippen LogP contribution >= 0.6 is 11.3 Å². The van der Waals surface area contributed by atoms with E-state index in [1.165, 1.54) is 11.3 Å². The van der Waals surface area contributed by atoms with Crippen molar-refractivity contribution in [3.63, 3.8) is 0 Å². The highest BCUT2D eigenvalue weighted by atomic mass is 32.1. The van der Waals surface area contributed by atoms with Crippen LogP contribution in [0.2, 0.25) is 0 Å². The van der Waals surface area contributed by atoms with Crippen LogP contribution < -0.4 is 21.3 Å². The Hall–Kier alpha value is -4.88. The standard InChI is InChI=1S/C39H50N6O6S/c1-5-26(4)21-41-36(47)20-35(46)32(17-25(2)3)43-38(49)34(19-29-23-52-24-42-29)44-37(48)33(45-39(50)51-22-27-11-7-6-8-12-27)18-28-13-9-15-31-30(28)14-10-16-40-31/h6-16,23-26,32-35,46H,5,17-22H2,1-4H3,(H,41,47)(H,43,49)(H,44,48)(H,45,50)/t26?,32-,33-,34-,35-/m0/s1. The first-order chi connectivity index (χ1) is 25.0. The summed E-state index contributed by atoms with van der Waals surface area (Å²) in [6.07, 6.45) is 0.988. The molecule has 4 amide bonds. The van der Waals surface area contributed by atoms with Gasteiger partial charge >= 0.3 is 6.09 Å². The number of fused-ring (bicyclic) bond motifs is 1. The van der Waals surface area contributed by atoms with Gasteiger partial charge in [-0.3, -0.25) is 19.4 Å². The summed E-state index contributed by atoms with van der Waals surface area (Å²) in [5.41, 5.74) is 4.50. The number of amides is 4. The number of aromatic nitrogens is 2. The number of aliphatic hydroxyl groups is 1. The summed E-state index contributed by atoms with van der Waals surface area (Å²) < 4.78 is 5.47. The van der Waals surface area contributed by atoms with Gasteiger partial charge in [0.15, 0.2) is 0 Å². The zero-order valence-electron chi connectivity index (χ0n) is 30.2. The Morgan fingerprint density at radius 3 is 2.33 bits per heavy atom. The maximum atomic E-state index is 14.1. The summed E-state index contributed by atoms with van der Waals surface area (Å²) in [7, 11) is 0. The number of carbonyl (C=O) groups is 4. The molecule has 4 rings (SSSR count). The van der Waals surface area contributed by atoms with Crippen molar-refractivity contribution in [2.75, 3.05) is 6.54 Å². The van der Waals surface area contributed by atoms with E-state index in [2.05, 4.69) is 31.2 Å². The second-order valence-corrected chi connectivity index (χ2v) is 14.2. The normalized spacial score (nSPS) is 14.1. The van der Waals surface area contributed by atoms with E-state index < -0.39 is 42.1 Å². The molecule has 0 saturated heterocycles. The van der Waals surface area contributed by atoms with Crippen LogP contribution in [-0.4, -0.2) is 69.7 Å². The Morgan fingerprint density at radius 1 is 0.865 bits per heavy atom. The molecule has 2 aromatic carbocycles. The topological polar surface area (TPSA) is 172 Å². The van der Waals surface area contributed by atoms with Gasteiger partial charge in [-0.15, -0.1) is 11.3 Å². The van der Waals surface area contributed by atoms with E-state index in [1.807, 2.05) is 82.3 Å². The number of pyridine rings is 1. The fourth-order valence-electron chi connectivity index (χ4n) is 5.65. The Balaban J connectivity index is 1.54. The maximum absolute atomic E-state index is 14.1. The Kier molecular flexibility index (Phi) is 15.5. The monoisotopic (exact) mass is 730 g/mol. The molecule has 278 valence electrons. The van der Waals surface area contributed by atoms with Crippen molar-refractivity contribution in [1.82, 2.24) is 31.2 Å². The van der Waals surface area contributed by atoms with Crippen LogP contribution in [0.15, 0.2) is 77.8 Å². The van der Waals surface area contributed by atoms with E-state index in [-0.39, 0.29) is 37.7 Å². The minimum atomic E-state index is -1.16. The summed E-state index contributed by atoms with van der Waals surface area (Å²) in [5, 5.41) is 25.1. The second-order valence-electron chi connectivity index (χ2n) is 13.5. The van der Waals surface area contributed by atoms with Gasteiger partial charge in [-0.25, -0.2) is 9.78 Å². The lowest BCUT2D eigenvalue weighted by Gasteiger charge is -2.29. The number of rotatable bonds is 19. The fraction of sp³-hybridized carbons (Fsp3) is 0.436. The first-order valence-electron chi connectivity index (χ1n) is 17.7. The number of aliphatic hydroxyl groups excluding tert-OH is 1. The predicted octanol–water partition coefficient (Wildman–Crippen LogP) is 4.70. The van der Waals surface area contributed by atoms with Gasteiger partial charge in [-0.1, -0.05) is 82.6 Å². The molecule has 2 heterocycles. The Bertz CT molecular complexity index is 1730. The largest absolute Gasteiger partial charge is 0.445 e. The van der Waals surface area contributed by atoms with Gasteiger partial charge < -0.3 is 31.1 Å². The van der Waals surface area contributed by atoms with E-state index in [0.29, 0.717) is 24.6 Å². The molecule has 1 unspecified atom stereocenters. The summed E-state index contributed by atoms with van der Waals surface area (Å²) in [6, 6.07) is 15.4. The van der Waals surface area contributed by atoms with Gasteiger partial charge in [0, 0.05) is 36.3 Å². The Morgan fingerprint density at radius 2 is 1.62 bits per heavy atom. The molecule has 52 heavy (non-hydrogen) atoms. The molecule has 0 radical (unpaired) electrons. The van der Waals surface area contributed by atoms with Crippen molar-refractivity contribution in [3.8, 4) is 0 Å². The highest BCUT2D eigenvalue weighted by Gasteiger charge is 2.32. The molecule has 13 heteroatoms. The van der Waals surface area contributed by atoms with Crippen LogP contribution in [0.5, 0.6) is 0 Å². The van der Waals surface area contributed by atoms with Crippen molar-refractivity contribution in [2.24, 2.45) is 11.8 Å². The van der Waals surface area contributed by atoms with Crippen molar-refractivity contribution >= 4 is 46.1 Å². The first kappa shape index (κ1) is 39.9. The summed E-state index contributed by atoms with van der Waals surface area (Å²) >= 11 is 1.36. The quantitative estimate of drug-likeness (QED) is 0.0924. The molecule has 0 bridgehead atoms. The molecular weight excluding hydrogens is 681 g/mol. The number of hydrogen-bond acceptors (Lipinski definition) is 9. The molecule has 0 spiro atoms. The third kappa shape index (κ3) is 12.7. The van der Waals surface area contributed by atoms with Crippen LogP contribution in [0.1, 0.15) is 63.8 Å². The van der Waals surface area contributed by atoms with Crippen molar-refractivity contribution < 1.29 is 29.0 Å². The lowest BCUT2D eigenvalue weighted by Crippen LogP contribution is -2.57. The summed E-state index contributed by atoms with van der Waals surface area (Å²) in [4.78, 5) is 62.6. The number of nitrogens with zero attached hydrogens (tertiary/aromatic N) is 2. The minimum absolute atomic E-state index is 0.00325. The van der Waals surface area contributed by atoms with Crippen LogP contribution in [0.4, 0.5) is 4.79 Å². The van der Waals surface area contributed by atoms with Gasteiger partial charge in [0.25, 0.3) is 0 Å². The molecule has 4 aromatic rings. The Labute approximate surface area is 309 Å². The molecule has 0 fully saturated rings. The number of ether oxygens (including phenoxy) is 1. The molecule has 5 atom stereocenters. The number of thiazole rings is 1. The van der Waals surface area contributed by atoms with Crippen LogP contribution in [0.25, 0.3) is 10.9 Å². The molecule has 0 aliphatic heterocycles. The average molecular weight is 731 g/mol. The highest BCUT2D eigenvalue weighted by molar-refractivity contribution is 7.07. The second kappa shape index (κ2) is 20.2. The number of carbonyl (C=O) groups excluding carboxylic acids is 4. The third-order valence-corrected chi connectivity index (χ3v) is 9.40. The van der Waals surface area contributed by atoms with E-state index >= 15 is 0 Å². The number of nitrogens with one attached hydrogen (secondary N) is 4. The van der Waals surface area contributed by atoms with Crippen LogP contribution in [0, 0.1) is 11.8 Å². The molecule has 0 aliphatic carbocycles. The zero-order chi connectivity index (χ0) is 37.5. The first-order valence-corrected chi connectivity index (χ1v) is 18.7. The lowest BCUT2D eigenvalue weighted by molar-refractivity contribution is -0.131. The number of hydrogen-bond donors (Lipinski definition) is 5. The number of alkyl carbamates (subject to hydrolysis) is 1. The van der Waals surface area contributed by atoms with Crippen molar-refractivity contribution in [1.29, 1.82) is 0 Å². The SMILES string of the molecule is CCC(C)CNC(=O)C[C@H](O)[C@H](CC(C)C)NC(=O)[C@H](Cc1cscn1)NC(=O)[C@H](Cc1cccc2ncccc12)NC(=O)OCc1ccccc1. The van der Waals surface area contributed by atoms with Crippen LogP contribution in [0.3, 0.4) is 0 Å².